The number of aryl methyl sites for hydroxylation is 2. The van der Waals surface area contributed by atoms with Crippen LogP contribution in [-0.4, -0.2) is 34.1 Å². The maximum atomic E-state index is 9.58. The van der Waals surface area contributed by atoms with Crippen molar-refractivity contribution in [3.8, 4) is 5.88 Å². The molecule has 0 aliphatic carbocycles. The van der Waals surface area contributed by atoms with Gasteiger partial charge in [0.05, 0.1) is 24.0 Å². The average Bonchev–Trinajstić information content (AvgIpc) is 2.39. The molecule has 0 saturated heterocycles. The summed E-state index contributed by atoms with van der Waals surface area (Å²) in [5.74, 6) is 0.765. The van der Waals surface area contributed by atoms with Crippen molar-refractivity contribution in [3.63, 3.8) is 0 Å². The Bertz CT molecular complexity index is 353. The van der Waals surface area contributed by atoms with Crippen LogP contribution in [-0.2, 0) is 13.6 Å². The predicted octanol–water partition coefficient (Wildman–Crippen LogP) is 0.598. The molecule has 0 radical (unpaired) electrons. The Morgan fingerprint density at radius 1 is 1.50 bits per heavy atom. The minimum Gasteiger partial charge on any atom is -0.481 e. The maximum Gasteiger partial charge on any atom is 0.216 e. The van der Waals surface area contributed by atoms with Crippen LogP contribution in [0.15, 0.2) is 0 Å². The van der Waals surface area contributed by atoms with E-state index in [1.54, 1.807) is 25.6 Å². The number of aromatic nitrogens is 2. The molecule has 1 aromatic heterocycles. The van der Waals surface area contributed by atoms with E-state index in [9.17, 15) is 5.11 Å². The first kappa shape index (κ1) is 13.0. The van der Waals surface area contributed by atoms with Crippen molar-refractivity contribution in [2.45, 2.75) is 32.9 Å². The molecule has 0 unspecified atom stereocenters. The highest BCUT2D eigenvalue weighted by Crippen LogP contribution is 2.20. The summed E-state index contributed by atoms with van der Waals surface area (Å²) in [4.78, 5) is 0. The molecule has 0 aliphatic rings. The van der Waals surface area contributed by atoms with Gasteiger partial charge in [0.15, 0.2) is 0 Å². The van der Waals surface area contributed by atoms with E-state index in [4.69, 9.17) is 4.74 Å². The van der Waals surface area contributed by atoms with E-state index in [-0.39, 0.29) is 0 Å². The number of nitrogens with one attached hydrogen (secondary N) is 1. The topological polar surface area (TPSA) is 59.3 Å². The molecule has 0 aliphatic heterocycles. The van der Waals surface area contributed by atoms with Gasteiger partial charge >= 0.3 is 0 Å². The van der Waals surface area contributed by atoms with Gasteiger partial charge in [-0.3, -0.25) is 0 Å². The SMILES string of the molecule is COc1c(CNCC(C)(C)O)c(C)nn1C. The first-order valence-electron chi connectivity index (χ1n) is 5.34. The van der Waals surface area contributed by atoms with E-state index in [2.05, 4.69) is 10.4 Å². The minimum absolute atomic E-state index is 0.532. The lowest BCUT2D eigenvalue weighted by atomic mass is 10.1. The maximum absolute atomic E-state index is 9.58. The van der Waals surface area contributed by atoms with Crippen LogP contribution in [0.4, 0.5) is 0 Å². The van der Waals surface area contributed by atoms with E-state index in [0.29, 0.717) is 13.1 Å². The molecule has 0 bridgehead atoms. The lowest BCUT2D eigenvalue weighted by Crippen LogP contribution is -2.34. The van der Waals surface area contributed by atoms with Crippen molar-refractivity contribution in [2.75, 3.05) is 13.7 Å². The number of rotatable bonds is 5. The van der Waals surface area contributed by atoms with Gasteiger partial charge in [0.25, 0.3) is 0 Å². The Morgan fingerprint density at radius 3 is 2.62 bits per heavy atom. The molecule has 0 fully saturated rings. The highest BCUT2D eigenvalue weighted by Gasteiger charge is 2.16. The number of nitrogens with zero attached hydrogens (tertiary/aromatic N) is 2. The van der Waals surface area contributed by atoms with Crippen LogP contribution >= 0.6 is 0 Å². The van der Waals surface area contributed by atoms with Gasteiger partial charge < -0.3 is 15.2 Å². The summed E-state index contributed by atoms with van der Waals surface area (Å²) >= 11 is 0. The Morgan fingerprint density at radius 2 is 2.12 bits per heavy atom. The smallest absolute Gasteiger partial charge is 0.216 e. The first-order valence-corrected chi connectivity index (χ1v) is 5.34. The third kappa shape index (κ3) is 3.21. The first-order chi connectivity index (χ1) is 7.35. The molecule has 0 aromatic carbocycles. The quantitative estimate of drug-likeness (QED) is 0.773. The van der Waals surface area contributed by atoms with Crippen LogP contribution in [0, 0.1) is 6.92 Å². The molecule has 1 heterocycles. The van der Waals surface area contributed by atoms with Gasteiger partial charge in [-0.15, -0.1) is 0 Å². The lowest BCUT2D eigenvalue weighted by Gasteiger charge is -2.17. The standard InChI is InChI=1S/C11H21N3O2/c1-8-9(6-12-7-11(2,3)15)10(16-5)14(4)13-8/h12,15H,6-7H2,1-5H3. The Labute approximate surface area is 96.4 Å². The zero-order valence-corrected chi connectivity index (χ0v) is 10.7. The van der Waals surface area contributed by atoms with Gasteiger partial charge in [0, 0.05) is 20.1 Å². The highest BCUT2D eigenvalue weighted by atomic mass is 16.5. The second-order valence-corrected chi connectivity index (χ2v) is 4.61. The van der Waals surface area contributed by atoms with E-state index in [0.717, 1.165) is 17.1 Å². The lowest BCUT2D eigenvalue weighted by molar-refractivity contribution is 0.0794. The average molecular weight is 227 g/mol. The van der Waals surface area contributed by atoms with Crippen molar-refractivity contribution in [2.24, 2.45) is 7.05 Å². The normalized spacial score (nSPS) is 11.9. The Hall–Kier alpha value is -1.07. The van der Waals surface area contributed by atoms with Crippen LogP contribution in [0.3, 0.4) is 0 Å². The molecule has 5 nitrogen and oxygen atoms in total. The fourth-order valence-electron chi connectivity index (χ4n) is 1.63. The number of ether oxygens (including phenoxy) is 1. The molecule has 1 aromatic rings. The summed E-state index contributed by atoms with van der Waals surface area (Å²) in [5, 5.41) is 17.1. The number of aliphatic hydroxyl groups is 1. The Kier molecular flexibility index (Phi) is 3.93. The largest absolute Gasteiger partial charge is 0.481 e. The molecule has 0 spiro atoms. The predicted molar refractivity (Wildman–Crippen MR) is 62.5 cm³/mol. The van der Waals surface area contributed by atoms with Gasteiger partial charge in [0.2, 0.25) is 5.88 Å². The minimum atomic E-state index is -0.705. The molecule has 5 heteroatoms. The summed E-state index contributed by atoms with van der Waals surface area (Å²) in [7, 11) is 3.49. The molecule has 92 valence electrons. The highest BCUT2D eigenvalue weighted by molar-refractivity contribution is 5.30. The van der Waals surface area contributed by atoms with E-state index >= 15 is 0 Å². The van der Waals surface area contributed by atoms with Gasteiger partial charge in [-0.2, -0.15) is 5.10 Å². The molecule has 0 atom stereocenters. The molecular formula is C11H21N3O2. The van der Waals surface area contributed by atoms with E-state index < -0.39 is 5.60 Å². The van der Waals surface area contributed by atoms with Gasteiger partial charge in [0.1, 0.15) is 0 Å². The molecule has 16 heavy (non-hydrogen) atoms. The van der Waals surface area contributed by atoms with Gasteiger partial charge in [-0.05, 0) is 20.8 Å². The number of hydrogen-bond acceptors (Lipinski definition) is 4. The zero-order chi connectivity index (χ0) is 12.3. The second-order valence-electron chi connectivity index (χ2n) is 4.61. The van der Waals surface area contributed by atoms with Crippen LogP contribution in [0.2, 0.25) is 0 Å². The molecule has 0 saturated carbocycles. The van der Waals surface area contributed by atoms with Gasteiger partial charge in [-0.1, -0.05) is 0 Å². The monoisotopic (exact) mass is 227 g/mol. The third-order valence-corrected chi connectivity index (χ3v) is 2.34. The zero-order valence-electron chi connectivity index (χ0n) is 10.7. The summed E-state index contributed by atoms with van der Waals surface area (Å²) in [6.07, 6.45) is 0. The van der Waals surface area contributed by atoms with Crippen LogP contribution < -0.4 is 10.1 Å². The van der Waals surface area contributed by atoms with E-state index in [1.165, 1.54) is 0 Å². The fraction of sp³-hybridized carbons (Fsp3) is 0.727. The summed E-state index contributed by atoms with van der Waals surface area (Å²) in [6, 6.07) is 0. The van der Waals surface area contributed by atoms with Crippen LogP contribution in [0.1, 0.15) is 25.1 Å². The summed E-state index contributed by atoms with van der Waals surface area (Å²) in [6.45, 7) is 6.67. The fourth-order valence-corrected chi connectivity index (χ4v) is 1.63. The molecular weight excluding hydrogens is 206 g/mol. The van der Waals surface area contributed by atoms with Crippen molar-refractivity contribution in [1.29, 1.82) is 0 Å². The number of hydrogen-bond donors (Lipinski definition) is 2. The molecule has 1 rings (SSSR count). The Balaban J connectivity index is 2.66. The van der Waals surface area contributed by atoms with Crippen LogP contribution in [0.5, 0.6) is 5.88 Å². The van der Waals surface area contributed by atoms with Gasteiger partial charge in [-0.25, -0.2) is 4.68 Å². The second kappa shape index (κ2) is 4.84. The number of methoxy groups -OCH3 is 1. The van der Waals surface area contributed by atoms with Crippen LogP contribution in [0.25, 0.3) is 0 Å². The summed E-state index contributed by atoms with van der Waals surface area (Å²) in [5.41, 5.74) is 1.28. The van der Waals surface area contributed by atoms with Crippen molar-refractivity contribution >= 4 is 0 Å². The van der Waals surface area contributed by atoms with E-state index in [1.807, 2.05) is 14.0 Å². The summed E-state index contributed by atoms with van der Waals surface area (Å²) < 4.78 is 7.00. The third-order valence-electron chi connectivity index (χ3n) is 2.34. The van der Waals surface area contributed by atoms with Crippen molar-refractivity contribution in [1.82, 2.24) is 15.1 Å². The van der Waals surface area contributed by atoms with Crippen molar-refractivity contribution in [3.05, 3.63) is 11.3 Å². The molecule has 0 amide bonds. The van der Waals surface area contributed by atoms with Crippen molar-refractivity contribution < 1.29 is 9.84 Å². The molecule has 2 N–H and O–H groups in total.